The monoisotopic (exact) mass is 648 g/mol. The zero-order chi connectivity index (χ0) is 27.7. The second-order valence-electron chi connectivity index (χ2n) is 10.5. The van der Waals surface area contributed by atoms with Gasteiger partial charge in [0.15, 0.2) is 12.7 Å². The average Bonchev–Trinajstić information content (AvgIpc) is 3.44. The predicted molar refractivity (Wildman–Crippen MR) is 165 cm³/mol. The van der Waals surface area contributed by atoms with E-state index in [0.717, 1.165) is 29.8 Å². The third-order valence-electron chi connectivity index (χ3n) is 7.09. The number of carbonyl (C=O) groups excluding carboxylic acids is 1. The lowest BCUT2D eigenvalue weighted by Crippen LogP contribution is -3.00. The van der Waals surface area contributed by atoms with Crippen molar-refractivity contribution in [2.24, 2.45) is 0 Å². The Hall–Kier alpha value is -1.89. The molecule has 0 radical (unpaired) electrons. The number of anilines is 1. The highest BCUT2D eigenvalue weighted by Gasteiger charge is 2.15. The number of ether oxygens (including phenoxy) is 1. The molecule has 0 spiro atoms. The fourth-order valence-electron chi connectivity index (χ4n) is 4.84. The molecule has 0 aliphatic carbocycles. The smallest absolute Gasteiger partial charge is 0.224 e. The van der Waals surface area contributed by atoms with Crippen molar-refractivity contribution < 1.29 is 31.1 Å². The zero-order valence-electron chi connectivity index (χ0n) is 24.3. The van der Waals surface area contributed by atoms with Crippen LogP contribution in [0.4, 0.5) is 5.69 Å². The Morgan fingerprint density at radius 1 is 0.900 bits per heavy atom. The summed E-state index contributed by atoms with van der Waals surface area (Å²) in [5, 5.41) is 2.65. The van der Waals surface area contributed by atoms with Crippen molar-refractivity contribution in [1.29, 1.82) is 0 Å². The first-order valence-corrected chi connectivity index (χ1v) is 16.1. The van der Waals surface area contributed by atoms with Gasteiger partial charge in [-0.25, -0.2) is 0 Å². The van der Waals surface area contributed by atoms with Crippen molar-refractivity contribution in [2.75, 3.05) is 11.5 Å². The van der Waals surface area contributed by atoms with Gasteiger partial charge in [0.2, 0.25) is 11.4 Å². The maximum Gasteiger partial charge on any atom is 0.224 e. The molecule has 40 heavy (non-hydrogen) atoms. The maximum absolute atomic E-state index is 12.5. The van der Waals surface area contributed by atoms with Crippen LogP contribution < -0.4 is 31.2 Å². The van der Waals surface area contributed by atoms with Crippen molar-refractivity contribution in [2.45, 2.75) is 104 Å². The summed E-state index contributed by atoms with van der Waals surface area (Å²) in [4.78, 5) is 14.3. The molecule has 0 fully saturated rings. The van der Waals surface area contributed by atoms with Crippen LogP contribution in [-0.2, 0) is 17.9 Å². The van der Waals surface area contributed by atoms with E-state index in [1.54, 1.807) is 23.2 Å². The Balaban J connectivity index is 0.00000560. The van der Waals surface area contributed by atoms with Gasteiger partial charge >= 0.3 is 0 Å². The standard InChI is InChI=1S/C33H46ClN2O2S.BrH/c1-3-4-5-6-7-8-9-10-11-12-13-14-21-38-33-19-18-30(24-32(33)34)26-36(28(2)37)31-17-15-16-29(23-31)25-35-20-22-39-27-35;/h15-20,22-24,27H,3-14,21,25-26H2,1-2H3;1H/q+1;/p-1. The summed E-state index contributed by atoms with van der Waals surface area (Å²) in [6, 6.07) is 14.0. The van der Waals surface area contributed by atoms with Gasteiger partial charge in [0, 0.05) is 18.2 Å². The van der Waals surface area contributed by atoms with Crippen LogP contribution in [-0.4, -0.2) is 12.5 Å². The van der Waals surface area contributed by atoms with Gasteiger partial charge in [-0.1, -0.05) is 119 Å². The average molecular weight is 650 g/mol. The van der Waals surface area contributed by atoms with E-state index >= 15 is 0 Å². The van der Waals surface area contributed by atoms with Crippen LogP contribution in [0.3, 0.4) is 0 Å². The van der Waals surface area contributed by atoms with E-state index in [9.17, 15) is 4.79 Å². The first-order valence-electron chi connectivity index (χ1n) is 14.8. The molecule has 0 saturated carbocycles. The fraction of sp³-hybridized carbons (Fsp3) is 0.515. The van der Waals surface area contributed by atoms with Gasteiger partial charge < -0.3 is 26.6 Å². The van der Waals surface area contributed by atoms with E-state index in [1.807, 2.05) is 30.3 Å². The molecule has 1 aromatic heterocycles. The minimum Gasteiger partial charge on any atom is -1.00 e. The van der Waals surface area contributed by atoms with Crippen molar-refractivity contribution in [3.8, 4) is 5.75 Å². The number of amides is 1. The number of aromatic nitrogens is 1. The number of carbonyl (C=O) groups is 1. The molecule has 0 atom stereocenters. The zero-order valence-corrected chi connectivity index (χ0v) is 27.4. The lowest BCUT2D eigenvalue weighted by Gasteiger charge is -2.22. The normalized spacial score (nSPS) is 10.8. The molecule has 0 saturated heterocycles. The third kappa shape index (κ3) is 12.7. The number of benzene rings is 2. The number of halogens is 2. The molecule has 0 bridgehead atoms. The summed E-state index contributed by atoms with van der Waals surface area (Å²) in [7, 11) is 0. The van der Waals surface area contributed by atoms with Gasteiger partial charge in [-0.05, 0) is 36.2 Å². The highest BCUT2D eigenvalue weighted by Crippen LogP contribution is 2.28. The number of hydrogen-bond donors (Lipinski definition) is 0. The minimum absolute atomic E-state index is 0. The van der Waals surface area contributed by atoms with Crippen molar-refractivity contribution in [3.63, 3.8) is 0 Å². The van der Waals surface area contributed by atoms with Crippen LogP contribution in [0, 0.1) is 0 Å². The molecule has 3 aromatic rings. The molecule has 4 nitrogen and oxygen atoms in total. The quantitative estimate of drug-likeness (QED) is 0.112. The van der Waals surface area contributed by atoms with E-state index in [1.165, 1.54) is 70.6 Å². The second-order valence-corrected chi connectivity index (χ2v) is 11.6. The second kappa shape index (κ2) is 20.1. The highest BCUT2D eigenvalue weighted by molar-refractivity contribution is 7.07. The Morgan fingerprint density at radius 2 is 1.57 bits per heavy atom. The van der Waals surface area contributed by atoms with Gasteiger partial charge in [-0.15, -0.1) is 0 Å². The number of unbranched alkanes of at least 4 members (excludes halogenated alkanes) is 11. The topological polar surface area (TPSA) is 33.4 Å². The lowest BCUT2D eigenvalue weighted by molar-refractivity contribution is -0.683. The van der Waals surface area contributed by atoms with Gasteiger partial charge in [0.1, 0.15) is 5.75 Å². The molecule has 220 valence electrons. The van der Waals surface area contributed by atoms with Crippen LogP contribution >= 0.6 is 22.9 Å². The molecule has 1 heterocycles. The summed E-state index contributed by atoms with van der Waals surface area (Å²) in [6.07, 6.45) is 18.0. The Kier molecular flexibility index (Phi) is 17.2. The van der Waals surface area contributed by atoms with E-state index < -0.39 is 0 Å². The molecule has 1 amide bonds. The van der Waals surface area contributed by atoms with Gasteiger partial charge in [-0.3, -0.25) is 4.79 Å². The molecule has 3 rings (SSSR count). The summed E-state index contributed by atoms with van der Waals surface area (Å²) in [6.45, 7) is 5.80. The number of rotatable bonds is 19. The highest BCUT2D eigenvalue weighted by atomic mass is 79.9. The van der Waals surface area contributed by atoms with E-state index in [2.05, 4.69) is 40.7 Å². The predicted octanol–water partition coefficient (Wildman–Crippen LogP) is 6.37. The Morgan fingerprint density at radius 3 is 2.17 bits per heavy atom. The SMILES string of the molecule is CCCCCCCCCCCCCCOc1ccc(CN(C(C)=O)c2cccc(C[n+]3ccsc3)c2)cc1Cl.[Br-]. The third-order valence-corrected chi connectivity index (χ3v) is 8.05. The molecular weight excluding hydrogens is 604 g/mol. The minimum atomic E-state index is -0.00115. The fourth-order valence-corrected chi connectivity index (χ4v) is 5.69. The van der Waals surface area contributed by atoms with Crippen LogP contribution in [0.25, 0.3) is 0 Å². The van der Waals surface area contributed by atoms with Gasteiger partial charge in [0.05, 0.1) is 23.6 Å². The summed E-state index contributed by atoms with van der Waals surface area (Å²) in [5.41, 5.74) is 5.10. The summed E-state index contributed by atoms with van der Waals surface area (Å²) < 4.78 is 8.11. The first kappa shape index (κ1) is 34.3. The largest absolute Gasteiger partial charge is 1.00 e. The van der Waals surface area contributed by atoms with Gasteiger partial charge in [0.25, 0.3) is 0 Å². The molecule has 0 N–H and O–H groups in total. The van der Waals surface area contributed by atoms with Crippen molar-refractivity contribution in [3.05, 3.63) is 75.7 Å². The molecule has 0 unspecified atom stereocenters. The Labute approximate surface area is 261 Å². The number of thiazole rings is 1. The van der Waals surface area contributed by atoms with Crippen LogP contribution in [0.5, 0.6) is 5.75 Å². The summed E-state index contributed by atoms with van der Waals surface area (Å²) >= 11 is 8.23. The van der Waals surface area contributed by atoms with E-state index in [0.29, 0.717) is 23.9 Å². The van der Waals surface area contributed by atoms with E-state index in [-0.39, 0.29) is 22.9 Å². The van der Waals surface area contributed by atoms with E-state index in [4.69, 9.17) is 16.3 Å². The van der Waals surface area contributed by atoms with Crippen molar-refractivity contribution >= 4 is 34.5 Å². The van der Waals surface area contributed by atoms with Gasteiger partial charge in [-0.2, -0.15) is 4.57 Å². The first-order chi connectivity index (χ1) is 19.1. The van der Waals surface area contributed by atoms with Crippen molar-refractivity contribution in [1.82, 2.24) is 0 Å². The molecule has 0 aliphatic rings. The number of nitrogens with zero attached hydrogens (tertiary/aromatic N) is 2. The van der Waals surface area contributed by atoms with Crippen LogP contribution in [0.1, 0.15) is 102 Å². The lowest BCUT2D eigenvalue weighted by atomic mass is 10.1. The maximum atomic E-state index is 12.5. The van der Waals surface area contributed by atoms with Crippen LogP contribution in [0.15, 0.2) is 59.6 Å². The summed E-state index contributed by atoms with van der Waals surface area (Å²) in [5.74, 6) is 0.714. The number of hydrogen-bond acceptors (Lipinski definition) is 3. The Bertz CT molecular complexity index is 1110. The molecule has 7 heteroatoms. The molecule has 2 aromatic carbocycles. The molecular formula is C33H46BrClN2O2S. The van der Waals surface area contributed by atoms with Crippen LogP contribution in [0.2, 0.25) is 5.02 Å². The molecule has 0 aliphatic heterocycles.